The summed E-state index contributed by atoms with van der Waals surface area (Å²) in [5, 5.41) is 0. The molecule has 0 aliphatic heterocycles. The van der Waals surface area contributed by atoms with Crippen LogP contribution in [0.5, 0.6) is 11.5 Å². The van der Waals surface area contributed by atoms with Gasteiger partial charge in [-0.05, 0) is 49.7 Å². The Bertz CT molecular complexity index is 489. The molecule has 0 aliphatic rings. The predicted octanol–water partition coefficient (Wildman–Crippen LogP) is 4.23. The van der Waals surface area contributed by atoms with Gasteiger partial charge >= 0.3 is 0 Å². The first-order valence-electron chi connectivity index (χ1n) is 5.16. The molecule has 0 spiro atoms. The Hall–Kier alpha value is -1.83. The van der Waals surface area contributed by atoms with Crippen LogP contribution in [0.15, 0.2) is 42.5 Å². The third kappa shape index (κ3) is 2.40. The lowest BCUT2D eigenvalue weighted by atomic mass is 10.2. The lowest BCUT2D eigenvalue weighted by Gasteiger charge is -2.06. The summed E-state index contributed by atoms with van der Waals surface area (Å²) in [6.07, 6.45) is 0. The van der Waals surface area contributed by atoms with Crippen LogP contribution in [0.4, 0.5) is 4.39 Å². The van der Waals surface area contributed by atoms with Crippen molar-refractivity contribution < 1.29 is 9.13 Å². The fourth-order valence-corrected chi connectivity index (χ4v) is 1.42. The van der Waals surface area contributed by atoms with Gasteiger partial charge in [0.2, 0.25) is 0 Å². The third-order valence-electron chi connectivity index (χ3n) is 2.39. The van der Waals surface area contributed by atoms with E-state index >= 15 is 0 Å². The molecule has 0 fully saturated rings. The molecule has 82 valence electrons. The van der Waals surface area contributed by atoms with Crippen molar-refractivity contribution in [3.63, 3.8) is 0 Å². The Morgan fingerprint density at radius 1 is 0.875 bits per heavy atom. The second-order valence-corrected chi connectivity index (χ2v) is 3.83. The van der Waals surface area contributed by atoms with Crippen molar-refractivity contribution in [1.82, 2.24) is 0 Å². The zero-order valence-corrected chi connectivity index (χ0v) is 9.33. The van der Waals surface area contributed by atoms with Gasteiger partial charge in [0.05, 0.1) is 0 Å². The Balaban J connectivity index is 2.20. The van der Waals surface area contributed by atoms with Crippen molar-refractivity contribution >= 4 is 0 Å². The minimum atomic E-state index is -0.212. The number of halogens is 1. The molecule has 0 unspecified atom stereocenters. The van der Waals surface area contributed by atoms with Crippen LogP contribution in [-0.4, -0.2) is 0 Å². The number of aryl methyl sites for hydroxylation is 2. The topological polar surface area (TPSA) is 9.23 Å². The number of rotatable bonds is 2. The van der Waals surface area contributed by atoms with Crippen molar-refractivity contribution in [1.29, 1.82) is 0 Å². The Labute approximate surface area is 94.5 Å². The van der Waals surface area contributed by atoms with Crippen LogP contribution in [0, 0.1) is 19.7 Å². The molecule has 2 aromatic rings. The largest absolute Gasteiger partial charge is 0.457 e. The molecule has 0 N–H and O–H groups in total. The van der Waals surface area contributed by atoms with E-state index in [1.807, 2.05) is 31.2 Å². The molecular weight excluding hydrogens is 203 g/mol. The van der Waals surface area contributed by atoms with E-state index in [1.54, 1.807) is 19.1 Å². The molecule has 0 saturated carbocycles. The maximum atomic E-state index is 13.0. The fourth-order valence-electron chi connectivity index (χ4n) is 1.42. The smallest absolute Gasteiger partial charge is 0.127 e. The zero-order valence-electron chi connectivity index (χ0n) is 9.33. The molecule has 2 heteroatoms. The van der Waals surface area contributed by atoms with Crippen LogP contribution < -0.4 is 4.74 Å². The molecule has 1 nitrogen and oxygen atoms in total. The van der Waals surface area contributed by atoms with Gasteiger partial charge in [-0.15, -0.1) is 0 Å². The maximum absolute atomic E-state index is 13.0. The number of benzene rings is 2. The van der Waals surface area contributed by atoms with E-state index in [2.05, 4.69) is 0 Å². The molecule has 0 radical (unpaired) electrons. The number of hydrogen-bond donors (Lipinski definition) is 0. The molecule has 2 aromatic carbocycles. The average molecular weight is 216 g/mol. The Morgan fingerprint density at radius 2 is 1.50 bits per heavy atom. The van der Waals surface area contributed by atoms with Crippen molar-refractivity contribution in [3.05, 3.63) is 59.4 Å². The first-order chi connectivity index (χ1) is 7.65. The summed E-state index contributed by atoms with van der Waals surface area (Å²) < 4.78 is 18.6. The van der Waals surface area contributed by atoms with Crippen LogP contribution >= 0.6 is 0 Å². The van der Waals surface area contributed by atoms with E-state index in [0.29, 0.717) is 11.3 Å². The van der Waals surface area contributed by atoms with Crippen LogP contribution in [0.25, 0.3) is 0 Å². The van der Waals surface area contributed by atoms with E-state index < -0.39 is 0 Å². The highest BCUT2D eigenvalue weighted by Crippen LogP contribution is 2.23. The summed E-state index contributed by atoms with van der Waals surface area (Å²) in [5.41, 5.74) is 1.77. The monoisotopic (exact) mass is 216 g/mol. The summed E-state index contributed by atoms with van der Waals surface area (Å²) in [4.78, 5) is 0. The lowest BCUT2D eigenvalue weighted by molar-refractivity contribution is 0.479. The molecule has 0 aliphatic carbocycles. The Morgan fingerprint density at radius 3 is 2.12 bits per heavy atom. The van der Waals surface area contributed by atoms with Crippen molar-refractivity contribution in [2.24, 2.45) is 0 Å². The molecule has 0 saturated heterocycles. The van der Waals surface area contributed by atoms with E-state index in [4.69, 9.17) is 4.74 Å². The van der Waals surface area contributed by atoms with Gasteiger partial charge in [0.25, 0.3) is 0 Å². The quantitative estimate of drug-likeness (QED) is 0.729. The minimum absolute atomic E-state index is 0.212. The van der Waals surface area contributed by atoms with E-state index in [1.165, 1.54) is 11.6 Å². The summed E-state index contributed by atoms with van der Waals surface area (Å²) in [7, 11) is 0. The first kappa shape index (κ1) is 10.7. The first-order valence-corrected chi connectivity index (χ1v) is 5.16. The van der Waals surface area contributed by atoms with Crippen molar-refractivity contribution in [3.8, 4) is 11.5 Å². The highest BCUT2D eigenvalue weighted by molar-refractivity contribution is 5.35. The summed E-state index contributed by atoms with van der Waals surface area (Å²) >= 11 is 0. The molecule has 2 rings (SSSR count). The van der Waals surface area contributed by atoms with E-state index in [-0.39, 0.29) is 5.82 Å². The van der Waals surface area contributed by atoms with Gasteiger partial charge in [0.1, 0.15) is 17.3 Å². The predicted molar refractivity (Wildman–Crippen MR) is 62.4 cm³/mol. The standard InChI is InChI=1S/C14H13FO/c1-10-3-5-12(6-4-10)16-13-7-8-14(15)11(2)9-13/h3-9H,1-2H3. The molecule has 0 bridgehead atoms. The minimum Gasteiger partial charge on any atom is -0.457 e. The zero-order chi connectivity index (χ0) is 11.5. The van der Waals surface area contributed by atoms with Crippen LogP contribution in [-0.2, 0) is 0 Å². The van der Waals surface area contributed by atoms with Gasteiger partial charge in [-0.1, -0.05) is 17.7 Å². The third-order valence-corrected chi connectivity index (χ3v) is 2.39. The van der Waals surface area contributed by atoms with Gasteiger partial charge < -0.3 is 4.74 Å². The van der Waals surface area contributed by atoms with Crippen LogP contribution in [0.3, 0.4) is 0 Å². The van der Waals surface area contributed by atoms with Crippen LogP contribution in [0.2, 0.25) is 0 Å². The number of hydrogen-bond acceptors (Lipinski definition) is 1. The van der Waals surface area contributed by atoms with Crippen LogP contribution in [0.1, 0.15) is 11.1 Å². The maximum Gasteiger partial charge on any atom is 0.127 e. The average Bonchev–Trinajstić information content (AvgIpc) is 2.27. The fraction of sp³-hybridized carbons (Fsp3) is 0.143. The molecule has 0 aromatic heterocycles. The van der Waals surface area contributed by atoms with Gasteiger partial charge in [-0.2, -0.15) is 0 Å². The normalized spacial score (nSPS) is 10.2. The summed E-state index contributed by atoms with van der Waals surface area (Å²) in [5.74, 6) is 1.20. The molecule has 0 heterocycles. The van der Waals surface area contributed by atoms with Gasteiger partial charge in [-0.25, -0.2) is 4.39 Å². The molecule has 0 amide bonds. The molecule has 16 heavy (non-hydrogen) atoms. The van der Waals surface area contributed by atoms with E-state index in [9.17, 15) is 4.39 Å². The van der Waals surface area contributed by atoms with Gasteiger partial charge in [0, 0.05) is 0 Å². The summed E-state index contributed by atoms with van der Waals surface area (Å²) in [6.45, 7) is 3.74. The molecular formula is C14H13FO. The second-order valence-electron chi connectivity index (χ2n) is 3.83. The van der Waals surface area contributed by atoms with Gasteiger partial charge in [-0.3, -0.25) is 0 Å². The Kier molecular flexibility index (Phi) is 2.91. The van der Waals surface area contributed by atoms with Crippen molar-refractivity contribution in [2.75, 3.05) is 0 Å². The number of ether oxygens (including phenoxy) is 1. The van der Waals surface area contributed by atoms with Gasteiger partial charge in [0.15, 0.2) is 0 Å². The highest BCUT2D eigenvalue weighted by atomic mass is 19.1. The SMILES string of the molecule is Cc1ccc(Oc2ccc(F)c(C)c2)cc1. The van der Waals surface area contributed by atoms with E-state index in [0.717, 1.165) is 5.75 Å². The second kappa shape index (κ2) is 4.35. The summed E-state index contributed by atoms with van der Waals surface area (Å²) in [6, 6.07) is 12.5. The van der Waals surface area contributed by atoms with Crippen molar-refractivity contribution in [2.45, 2.75) is 13.8 Å². The lowest BCUT2D eigenvalue weighted by Crippen LogP contribution is -1.87. The molecule has 0 atom stereocenters. The highest BCUT2D eigenvalue weighted by Gasteiger charge is 2.01.